The molecule has 2 heterocycles. The molecule has 0 atom stereocenters. The van der Waals surface area contributed by atoms with Crippen molar-refractivity contribution < 1.29 is 13.2 Å². The predicted octanol–water partition coefficient (Wildman–Crippen LogP) is 1.94. The van der Waals surface area contributed by atoms with Crippen LogP contribution in [0.4, 0.5) is 19.0 Å². The lowest BCUT2D eigenvalue weighted by Crippen LogP contribution is -2.05. The van der Waals surface area contributed by atoms with Gasteiger partial charge in [0, 0.05) is 6.20 Å². The first-order chi connectivity index (χ1) is 6.47. The Labute approximate surface area is 77.0 Å². The third kappa shape index (κ3) is 1.39. The van der Waals surface area contributed by atoms with Crippen molar-refractivity contribution in [2.75, 3.05) is 5.73 Å². The molecule has 0 unspecified atom stereocenters. The normalized spacial score (nSPS) is 12.2. The topological polar surface area (TPSA) is 43.3 Å². The van der Waals surface area contributed by atoms with E-state index in [2.05, 4.69) is 4.98 Å². The monoisotopic (exact) mass is 201 g/mol. The quantitative estimate of drug-likeness (QED) is 0.707. The second-order valence-electron chi connectivity index (χ2n) is 2.85. The van der Waals surface area contributed by atoms with Crippen LogP contribution in [0.3, 0.4) is 0 Å². The van der Waals surface area contributed by atoms with Crippen LogP contribution in [0.5, 0.6) is 0 Å². The fraction of sp³-hybridized carbons (Fsp3) is 0.125. The Balaban J connectivity index is 2.62. The van der Waals surface area contributed by atoms with Gasteiger partial charge < -0.3 is 10.1 Å². The van der Waals surface area contributed by atoms with Gasteiger partial charge in [0.1, 0.15) is 11.5 Å². The minimum atomic E-state index is -4.34. The molecule has 14 heavy (non-hydrogen) atoms. The first-order valence-corrected chi connectivity index (χ1v) is 3.78. The molecule has 0 amide bonds. The molecule has 6 heteroatoms. The second kappa shape index (κ2) is 2.63. The van der Waals surface area contributed by atoms with E-state index in [-0.39, 0.29) is 5.82 Å². The number of pyridine rings is 1. The van der Waals surface area contributed by atoms with Crippen LogP contribution in [0.25, 0.3) is 5.65 Å². The Kier molecular flexibility index (Phi) is 1.67. The number of aromatic nitrogens is 2. The van der Waals surface area contributed by atoms with Gasteiger partial charge in [-0.15, -0.1) is 0 Å². The fourth-order valence-electron chi connectivity index (χ4n) is 1.18. The van der Waals surface area contributed by atoms with Crippen molar-refractivity contribution >= 4 is 11.5 Å². The summed E-state index contributed by atoms with van der Waals surface area (Å²) in [6, 6.07) is 2.25. The molecule has 0 radical (unpaired) electrons. The van der Waals surface area contributed by atoms with Crippen molar-refractivity contribution in [3.63, 3.8) is 0 Å². The van der Waals surface area contributed by atoms with Gasteiger partial charge in [-0.25, -0.2) is 4.98 Å². The number of halogens is 3. The van der Waals surface area contributed by atoms with Gasteiger partial charge >= 0.3 is 6.18 Å². The number of alkyl halides is 3. The summed E-state index contributed by atoms with van der Waals surface area (Å²) in [6.07, 6.45) is -2.05. The van der Waals surface area contributed by atoms with Crippen molar-refractivity contribution in [1.29, 1.82) is 0 Å². The smallest absolute Gasteiger partial charge is 0.382 e. The van der Waals surface area contributed by atoms with Gasteiger partial charge in [0.25, 0.3) is 0 Å². The minimum Gasteiger partial charge on any atom is -0.382 e. The van der Waals surface area contributed by atoms with E-state index in [1.165, 1.54) is 16.7 Å². The number of anilines is 1. The Morgan fingerprint density at radius 3 is 2.57 bits per heavy atom. The van der Waals surface area contributed by atoms with Gasteiger partial charge in [-0.05, 0) is 12.1 Å². The summed E-state index contributed by atoms with van der Waals surface area (Å²) in [7, 11) is 0. The number of fused-ring (bicyclic) bond motifs is 1. The van der Waals surface area contributed by atoms with Gasteiger partial charge in [0.15, 0.2) is 0 Å². The molecule has 0 saturated carbocycles. The molecule has 0 aromatic carbocycles. The van der Waals surface area contributed by atoms with Crippen LogP contribution in [0, 0.1) is 0 Å². The van der Waals surface area contributed by atoms with E-state index in [0.717, 1.165) is 12.3 Å². The van der Waals surface area contributed by atoms with E-state index in [4.69, 9.17) is 5.73 Å². The zero-order chi connectivity index (χ0) is 10.3. The highest BCUT2D eigenvalue weighted by molar-refractivity contribution is 5.47. The standard InChI is InChI=1S/C8H6F3N3/c9-8(10,11)5-1-2-7-13-6(12)4-14(7)3-5/h1-4H,12H2. The van der Waals surface area contributed by atoms with Crippen molar-refractivity contribution in [3.8, 4) is 0 Å². The highest BCUT2D eigenvalue weighted by atomic mass is 19.4. The molecule has 2 N–H and O–H groups in total. The molecule has 2 rings (SSSR count). The van der Waals surface area contributed by atoms with Gasteiger partial charge in [-0.2, -0.15) is 13.2 Å². The average molecular weight is 201 g/mol. The first kappa shape index (κ1) is 8.86. The summed E-state index contributed by atoms with van der Waals surface area (Å²) in [5.74, 6) is 0.198. The Hall–Kier alpha value is -1.72. The van der Waals surface area contributed by atoms with Crippen LogP contribution in [-0.2, 0) is 6.18 Å². The van der Waals surface area contributed by atoms with E-state index in [9.17, 15) is 13.2 Å². The van der Waals surface area contributed by atoms with E-state index in [1.54, 1.807) is 0 Å². The first-order valence-electron chi connectivity index (χ1n) is 3.78. The second-order valence-corrected chi connectivity index (χ2v) is 2.85. The maximum Gasteiger partial charge on any atom is 0.417 e. The van der Waals surface area contributed by atoms with E-state index in [0.29, 0.717) is 5.65 Å². The SMILES string of the molecule is Nc1cn2cc(C(F)(F)F)ccc2n1. The third-order valence-electron chi connectivity index (χ3n) is 1.80. The van der Waals surface area contributed by atoms with Gasteiger partial charge in [-0.1, -0.05) is 0 Å². The number of rotatable bonds is 0. The van der Waals surface area contributed by atoms with Crippen molar-refractivity contribution in [2.24, 2.45) is 0 Å². The maximum atomic E-state index is 12.3. The lowest BCUT2D eigenvalue weighted by atomic mass is 10.3. The van der Waals surface area contributed by atoms with Crippen LogP contribution in [0.2, 0.25) is 0 Å². The van der Waals surface area contributed by atoms with Crippen LogP contribution < -0.4 is 5.73 Å². The molecule has 74 valence electrons. The molecule has 0 aliphatic heterocycles. The molecular weight excluding hydrogens is 195 g/mol. The molecule has 0 aliphatic rings. The highest BCUT2D eigenvalue weighted by Crippen LogP contribution is 2.29. The van der Waals surface area contributed by atoms with Gasteiger partial charge in [0.2, 0.25) is 0 Å². The summed E-state index contributed by atoms with van der Waals surface area (Å²) >= 11 is 0. The molecule has 0 saturated heterocycles. The fourth-order valence-corrected chi connectivity index (χ4v) is 1.18. The van der Waals surface area contributed by atoms with E-state index < -0.39 is 11.7 Å². The number of nitrogen functional groups attached to an aromatic ring is 1. The molecule has 0 aliphatic carbocycles. The van der Waals surface area contributed by atoms with Crippen LogP contribution in [0.15, 0.2) is 24.5 Å². The van der Waals surface area contributed by atoms with Crippen LogP contribution >= 0.6 is 0 Å². The number of imidazole rings is 1. The molecule has 0 fully saturated rings. The molecule has 3 nitrogen and oxygen atoms in total. The molecule has 0 bridgehead atoms. The number of hydrogen-bond acceptors (Lipinski definition) is 2. The number of hydrogen-bond donors (Lipinski definition) is 1. The summed E-state index contributed by atoms with van der Waals surface area (Å²) in [5, 5.41) is 0. The zero-order valence-corrected chi connectivity index (χ0v) is 6.92. The van der Waals surface area contributed by atoms with E-state index in [1.807, 2.05) is 0 Å². The van der Waals surface area contributed by atoms with Gasteiger partial charge in [-0.3, -0.25) is 0 Å². The maximum absolute atomic E-state index is 12.3. The Bertz CT molecular complexity index is 472. The largest absolute Gasteiger partial charge is 0.417 e. The Morgan fingerprint density at radius 1 is 1.21 bits per heavy atom. The Morgan fingerprint density at radius 2 is 1.93 bits per heavy atom. The third-order valence-corrected chi connectivity index (χ3v) is 1.80. The molecule has 0 spiro atoms. The summed E-state index contributed by atoms with van der Waals surface area (Å²) in [6.45, 7) is 0. The lowest BCUT2D eigenvalue weighted by Gasteiger charge is -2.05. The summed E-state index contributed by atoms with van der Waals surface area (Å²) in [5.41, 5.74) is 5.02. The zero-order valence-electron chi connectivity index (χ0n) is 6.92. The van der Waals surface area contributed by atoms with E-state index >= 15 is 0 Å². The van der Waals surface area contributed by atoms with Crippen molar-refractivity contribution in [1.82, 2.24) is 9.38 Å². The van der Waals surface area contributed by atoms with Crippen LogP contribution in [-0.4, -0.2) is 9.38 Å². The predicted molar refractivity (Wildman–Crippen MR) is 44.6 cm³/mol. The lowest BCUT2D eigenvalue weighted by molar-refractivity contribution is -0.137. The summed E-state index contributed by atoms with van der Waals surface area (Å²) in [4.78, 5) is 3.81. The van der Waals surface area contributed by atoms with Crippen molar-refractivity contribution in [3.05, 3.63) is 30.1 Å². The number of nitrogens with zero attached hydrogens (tertiary/aromatic N) is 2. The van der Waals surface area contributed by atoms with Crippen molar-refractivity contribution in [2.45, 2.75) is 6.18 Å². The molecular formula is C8H6F3N3. The minimum absolute atomic E-state index is 0.198. The molecule has 2 aromatic heterocycles. The molecule has 2 aromatic rings. The average Bonchev–Trinajstić information content (AvgIpc) is 2.41. The van der Waals surface area contributed by atoms with Gasteiger partial charge in [0.05, 0.1) is 11.8 Å². The van der Waals surface area contributed by atoms with Crippen LogP contribution in [0.1, 0.15) is 5.56 Å². The highest BCUT2D eigenvalue weighted by Gasteiger charge is 2.30. The number of nitrogens with two attached hydrogens (primary N) is 1. The summed E-state index contributed by atoms with van der Waals surface area (Å²) < 4.78 is 38.0.